The summed E-state index contributed by atoms with van der Waals surface area (Å²) in [7, 11) is 0. The molecule has 144 valence electrons. The van der Waals surface area contributed by atoms with Gasteiger partial charge in [-0.3, -0.25) is 4.79 Å². The molecule has 2 heterocycles. The minimum absolute atomic E-state index is 0.178. The maximum Gasteiger partial charge on any atom is 0.258 e. The Morgan fingerprint density at radius 2 is 1.39 bits per heavy atom. The first-order chi connectivity index (χ1) is 13.4. The molecule has 4 aromatic rings. The number of nitrogens with zero attached hydrogens (tertiary/aromatic N) is 3. The zero-order chi connectivity index (χ0) is 20.3. The van der Waals surface area contributed by atoms with Crippen LogP contribution in [0.15, 0.2) is 41.2 Å². The Labute approximate surface area is 184 Å². The van der Waals surface area contributed by atoms with Crippen LogP contribution in [0.4, 0.5) is 0 Å². The topological polar surface area (TPSA) is 71.5 Å². The summed E-state index contributed by atoms with van der Waals surface area (Å²) in [6.45, 7) is 0. The molecule has 0 amide bonds. The van der Waals surface area contributed by atoms with Crippen molar-refractivity contribution >= 4 is 79.8 Å². The van der Waals surface area contributed by atoms with Crippen LogP contribution in [-0.4, -0.2) is 19.9 Å². The van der Waals surface area contributed by atoms with Crippen molar-refractivity contribution in [3.05, 3.63) is 73.6 Å². The summed E-state index contributed by atoms with van der Waals surface area (Å²) < 4.78 is 0. The van der Waals surface area contributed by atoms with Crippen LogP contribution < -0.4 is 5.56 Å². The van der Waals surface area contributed by atoms with Gasteiger partial charge in [0, 0.05) is 15.4 Å². The van der Waals surface area contributed by atoms with E-state index in [4.69, 9.17) is 58.0 Å². The van der Waals surface area contributed by atoms with E-state index in [1.54, 1.807) is 36.4 Å². The molecule has 0 bridgehead atoms. The molecule has 0 atom stereocenters. The van der Waals surface area contributed by atoms with E-state index in [2.05, 4.69) is 19.9 Å². The number of aromatic nitrogens is 4. The fourth-order valence-electron chi connectivity index (χ4n) is 2.39. The minimum atomic E-state index is -0.192. The van der Waals surface area contributed by atoms with Gasteiger partial charge in [0.05, 0.1) is 28.2 Å². The Hall–Kier alpha value is -1.63. The number of fused-ring (bicyclic) bond motifs is 2. The molecule has 0 aliphatic heterocycles. The number of halogens is 5. The quantitative estimate of drug-likeness (QED) is 0.285. The zero-order valence-corrected chi connectivity index (χ0v) is 17.8. The molecule has 28 heavy (non-hydrogen) atoms. The smallest absolute Gasteiger partial charge is 0.258 e. The van der Waals surface area contributed by atoms with Gasteiger partial charge in [0.15, 0.2) is 0 Å². The monoisotopic (exact) mass is 474 g/mol. The van der Waals surface area contributed by atoms with Crippen molar-refractivity contribution in [2.75, 3.05) is 0 Å². The molecule has 5 nitrogen and oxygen atoms in total. The Morgan fingerprint density at radius 3 is 2.00 bits per heavy atom. The highest BCUT2D eigenvalue weighted by molar-refractivity contribution is 6.35. The molecule has 0 unspecified atom stereocenters. The highest BCUT2D eigenvalue weighted by Gasteiger charge is 2.05. The molecule has 0 spiro atoms. The van der Waals surface area contributed by atoms with E-state index in [1.807, 2.05) is 0 Å². The third-order valence-corrected chi connectivity index (χ3v) is 4.87. The predicted molar refractivity (Wildman–Crippen MR) is 116 cm³/mol. The number of benzene rings is 2. The number of alkyl halides is 2. The molecule has 0 radical (unpaired) electrons. The van der Waals surface area contributed by atoms with Crippen LogP contribution in [-0.2, 0) is 11.8 Å². The molecule has 10 heteroatoms. The molecule has 2 aromatic carbocycles. The first-order valence-corrected chi connectivity index (χ1v) is 10.0. The zero-order valence-electron chi connectivity index (χ0n) is 14.0. The molecule has 0 fully saturated rings. The molecule has 4 rings (SSSR count). The van der Waals surface area contributed by atoms with Crippen molar-refractivity contribution in [3.63, 3.8) is 0 Å². The van der Waals surface area contributed by atoms with Gasteiger partial charge in [0.1, 0.15) is 16.8 Å². The summed E-state index contributed by atoms with van der Waals surface area (Å²) in [5, 5.41) is 2.87. The van der Waals surface area contributed by atoms with Crippen LogP contribution in [0, 0.1) is 0 Å². The van der Waals surface area contributed by atoms with Crippen molar-refractivity contribution in [3.8, 4) is 0 Å². The number of aromatic amines is 1. The summed E-state index contributed by atoms with van der Waals surface area (Å²) >= 11 is 28.7. The van der Waals surface area contributed by atoms with Crippen LogP contribution in [0.2, 0.25) is 15.2 Å². The standard InChI is InChI=1S/C9H5Cl3N2.C9H6Cl2N2O/c10-4-8-13-7-3-5(11)1-2-6(7)9(12)14-8;10-4-8-12-7-3-5(11)1-2-6(7)9(14)13-8/h1-3H,4H2;1-3H,4H2,(H,12,13,14). The van der Waals surface area contributed by atoms with E-state index in [0.717, 1.165) is 5.39 Å². The third-order valence-electron chi connectivity index (χ3n) is 3.62. The van der Waals surface area contributed by atoms with Crippen molar-refractivity contribution in [2.24, 2.45) is 0 Å². The SMILES string of the molecule is ClCc1nc(Cl)c2ccc(Cl)cc2n1.O=c1[nH]c(CCl)nc2cc(Cl)ccc12. The van der Waals surface area contributed by atoms with Gasteiger partial charge in [-0.15, -0.1) is 23.2 Å². The van der Waals surface area contributed by atoms with Gasteiger partial charge in [-0.25, -0.2) is 15.0 Å². The van der Waals surface area contributed by atoms with E-state index >= 15 is 0 Å². The summed E-state index contributed by atoms with van der Waals surface area (Å²) in [4.78, 5) is 26.4. The number of H-pyrrole nitrogens is 1. The Kier molecular flexibility index (Phi) is 6.96. The maximum atomic E-state index is 11.5. The fraction of sp³-hybridized carbons (Fsp3) is 0.111. The lowest BCUT2D eigenvalue weighted by Gasteiger charge is -2.01. The first kappa shape index (κ1) is 21.1. The summed E-state index contributed by atoms with van der Waals surface area (Å²) in [6, 6.07) is 10.2. The fourth-order valence-corrected chi connectivity index (χ4v) is 3.23. The predicted octanol–water partition coefficient (Wildman–Crippen LogP) is 5.99. The second kappa shape index (κ2) is 9.25. The van der Waals surface area contributed by atoms with E-state index < -0.39 is 0 Å². The molecule has 1 N–H and O–H groups in total. The van der Waals surface area contributed by atoms with Gasteiger partial charge in [-0.1, -0.05) is 34.8 Å². The average Bonchev–Trinajstić information content (AvgIpc) is 2.67. The lowest BCUT2D eigenvalue weighted by molar-refractivity contribution is 1.04. The molecule has 0 saturated carbocycles. The van der Waals surface area contributed by atoms with Crippen LogP contribution in [0.5, 0.6) is 0 Å². The number of hydrogen-bond donors (Lipinski definition) is 1. The van der Waals surface area contributed by atoms with E-state index in [9.17, 15) is 4.79 Å². The summed E-state index contributed by atoms with van der Waals surface area (Å²) in [5.41, 5.74) is 1.09. The van der Waals surface area contributed by atoms with Crippen molar-refractivity contribution in [1.29, 1.82) is 0 Å². The minimum Gasteiger partial charge on any atom is -0.309 e. The molecule has 0 aliphatic carbocycles. The second-order valence-corrected chi connectivity index (χ2v) is 7.30. The molecule has 0 aliphatic rings. The highest BCUT2D eigenvalue weighted by atomic mass is 35.5. The number of hydrogen-bond acceptors (Lipinski definition) is 4. The van der Waals surface area contributed by atoms with Crippen molar-refractivity contribution < 1.29 is 0 Å². The van der Waals surface area contributed by atoms with E-state index in [0.29, 0.717) is 43.3 Å². The molecule has 0 saturated heterocycles. The maximum absolute atomic E-state index is 11.5. The lowest BCUT2D eigenvalue weighted by Crippen LogP contribution is -2.10. The van der Waals surface area contributed by atoms with Crippen LogP contribution >= 0.6 is 58.0 Å². The number of nitrogens with one attached hydrogen (secondary N) is 1. The van der Waals surface area contributed by atoms with Gasteiger partial charge in [-0.05, 0) is 36.4 Å². The van der Waals surface area contributed by atoms with E-state index in [-0.39, 0.29) is 17.3 Å². The van der Waals surface area contributed by atoms with Gasteiger partial charge in [-0.2, -0.15) is 0 Å². The molecular formula is C18H11Cl5N4O. The Morgan fingerprint density at radius 1 is 0.786 bits per heavy atom. The molecule has 2 aromatic heterocycles. The van der Waals surface area contributed by atoms with Crippen LogP contribution in [0.25, 0.3) is 21.8 Å². The Bertz CT molecular complexity index is 1210. The summed E-state index contributed by atoms with van der Waals surface area (Å²) in [5.74, 6) is 1.37. The number of rotatable bonds is 2. The summed E-state index contributed by atoms with van der Waals surface area (Å²) in [6.07, 6.45) is 0. The largest absolute Gasteiger partial charge is 0.309 e. The lowest BCUT2D eigenvalue weighted by atomic mass is 10.2. The van der Waals surface area contributed by atoms with Crippen LogP contribution in [0.1, 0.15) is 11.6 Å². The highest BCUT2D eigenvalue weighted by Crippen LogP contribution is 2.23. The third kappa shape index (κ3) is 4.85. The second-order valence-electron chi connectivity index (χ2n) is 5.53. The van der Waals surface area contributed by atoms with Gasteiger partial charge >= 0.3 is 0 Å². The van der Waals surface area contributed by atoms with Crippen molar-refractivity contribution in [1.82, 2.24) is 19.9 Å². The molecular weight excluding hydrogens is 465 g/mol. The normalized spacial score (nSPS) is 10.8. The van der Waals surface area contributed by atoms with Gasteiger partial charge in [0.25, 0.3) is 5.56 Å². The van der Waals surface area contributed by atoms with E-state index in [1.165, 1.54) is 0 Å². The first-order valence-electron chi connectivity index (χ1n) is 7.83. The Balaban J connectivity index is 0.000000161. The average molecular weight is 477 g/mol. The van der Waals surface area contributed by atoms with Crippen molar-refractivity contribution in [2.45, 2.75) is 11.8 Å². The van der Waals surface area contributed by atoms with Gasteiger partial charge in [0.2, 0.25) is 0 Å². The van der Waals surface area contributed by atoms with Crippen LogP contribution in [0.3, 0.4) is 0 Å². The van der Waals surface area contributed by atoms with Gasteiger partial charge < -0.3 is 4.98 Å².